The maximum atomic E-state index is 12.3. The zero-order chi connectivity index (χ0) is 20.5. The van der Waals surface area contributed by atoms with Gasteiger partial charge in [-0.05, 0) is 48.7 Å². The van der Waals surface area contributed by atoms with Crippen molar-refractivity contribution in [3.63, 3.8) is 0 Å². The summed E-state index contributed by atoms with van der Waals surface area (Å²) in [6, 6.07) is 12.9. The Morgan fingerprint density at radius 1 is 1.04 bits per heavy atom. The number of amides is 2. The molecule has 0 aliphatic rings. The number of carboxylic acids is 1. The van der Waals surface area contributed by atoms with Crippen molar-refractivity contribution in [2.24, 2.45) is 0 Å². The van der Waals surface area contributed by atoms with Crippen molar-refractivity contribution in [2.45, 2.75) is 25.2 Å². The standard InChI is InChI=1S/C21H22N2O4S/c1-3-15-6-4-5-14(2)21(15)23-19(25)13-28-17-9-7-16(8-10-17)22-18(24)11-12-20(26)27/h4-12H,3,13H2,1-2H3,(H,22,24)(H,23,25)(H,26,27)/b12-11+. The third-order valence-corrected chi connectivity index (χ3v) is 4.89. The lowest BCUT2D eigenvalue weighted by molar-refractivity contribution is -0.131. The van der Waals surface area contributed by atoms with Crippen LogP contribution in [0, 0.1) is 6.92 Å². The highest BCUT2D eigenvalue weighted by molar-refractivity contribution is 8.00. The van der Waals surface area contributed by atoms with Crippen molar-refractivity contribution in [1.82, 2.24) is 0 Å². The quantitative estimate of drug-likeness (QED) is 0.463. The highest BCUT2D eigenvalue weighted by atomic mass is 32.2. The summed E-state index contributed by atoms with van der Waals surface area (Å²) >= 11 is 1.39. The van der Waals surface area contributed by atoms with Crippen molar-refractivity contribution in [3.8, 4) is 0 Å². The summed E-state index contributed by atoms with van der Waals surface area (Å²) in [7, 11) is 0. The van der Waals surface area contributed by atoms with E-state index >= 15 is 0 Å². The number of hydrogen-bond acceptors (Lipinski definition) is 4. The average Bonchev–Trinajstić information content (AvgIpc) is 2.67. The number of benzene rings is 2. The highest BCUT2D eigenvalue weighted by Gasteiger charge is 2.09. The number of aryl methyl sites for hydroxylation is 2. The molecule has 0 heterocycles. The first-order valence-corrected chi connectivity index (χ1v) is 9.70. The number of carboxylic acid groups (broad SMARTS) is 1. The number of nitrogens with one attached hydrogen (secondary N) is 2. The van der Waals surface area contributed by atoms with Crippen LogP contribution < -0.4 is 10.6 Å². The van der Waals surface area contributed by atoms with E-state index in [4.69, 9.17) is 5.11 Å². The monoisotopic (exact) mass is 398 g/mol. The van der Waals surface area contributed by atoms with Gasteiger partial charge >= 0.3 is 5.97 Å². The van der Waals surface area contributed by atoms with Crippen molar-refractivity contribution in [2.75, 3.05) is 16.4 Å². The molecule has 2 aromatic carbocycles. The second-order valence-electron chi connectivity index (χ2n) is 5.98. The van der Waals surface area contributed by atoms with E-state index in [-0.39, 0.29) is 11.7 Å². The molecular weight excluding hydrogens is 376 g/mol. The van der Waals surface area contributed by atoms with Crippen LogP contribution in [0.25, 0.3) is 0 Å². The van der Waals surface area contributed by atoms with Crippen molar-refractivity contribution >= 4 is 40.9 Å². The molecule has 7 heteroatoms. The van der Waals surface area contributed by atoms with E-state index in [9.17, 15) is 14.4 Å². The molecule has 2 aromatic rings. The minimum Gasteiger partial charge on any atom is -0.478 e. The average molecular weight is 398 g/mol. The van der Waals surface area contributed by atoms with Crippen LogP contribution in [0.3, 0.4) is 0 Å². The Kier molecular flexibility index (Phi) is 7.83. The zero-order valence-electron chi connectivity index (χ0n) is 15.7. The van der Waals surface area contributed by atoms with Gasteiger partial charge in [-0.2, -0.15) is 0 Å². The van der Waals surface area contributed by atoms with Gasteiger partial charge in [0.05, 0.1) is 5.75 Å². The lowest BCUT2D eigenvalue weighted by Crippen LogP contribution is -2.16. The first kappa shape index (κ1) is 21.2. The van der Waals surface area contributed by atoms with Crippen LogP contribution in [-0.2, 0) is 20.8 Å². The zero-order valence-corrected chi connectivity index (χ0v) is 16.5. The summed E-state index contributed by atoms with van der Waals surface area (Å²) in [5, 5.41) is 14.1. The predicted molar refractivity (Wildman–Crippen MR) is 112 cm³/mol. The molecule has 2 amide bonds. The minimum absolute atomic E-state index is 0.0785. The van der Waals surface area contributed by atoms with E-state index in [1.807, 2.05) is 25.1 Å². The number of hydrogen-bond donors (Lipinski definition) is 3. The SMILES string of the molecule is CCc1cccc(C)c1NC(=O)CSc1ccc(NC(=O)/C=C/C(=O)O)cc1. The van der Waals surface area contributed by atoms with Gasteiger partial charge in [-0.15, -0.1) is 11.8 Å². The fourth-order valence-electron chi connectivity index (χ4n) is 2.49. The molecule has 0 atom stereocenters. The van der Waals surface area contributed by atoms with Crippen LogP contribution >= 0.6 is 11.8 Å². The van der Waals surface area contributed by atoms with Gasteiger partial charge in [-0.25, -0.2) is 4.79 Å². The Morgan fingerprint density at radius 3 is 2.39 bits per heavy atom. The summed E-state index contributed by atoms with van der Waals surface area (Å²) in [6.45, 7) is 4.03. The predicted octanol–water partition coefficient (Wildman–Crippen LogP) is 3.87. The van der Waals surface area contributed by atoms with Crippen LogP contribution in [0.2, 0.25) is 0 Å². The molecule has 0 saturated carbocycles. The van der Waals surface area contributed by atoms with Crippen molar-refractivity contribution in [3.05, 3.63) is 65.7 Å². The fraction of sp³-hybridized carbons (Fsp3) is 0.190. The van der Waals surface area contributed by atoms with Gasteiger partial charge in [-0.1, -0.05) is 25.1 Å². The summed E-state index contributed by atoms with van der Waals surface area (Å²) < 4.78 is 0. The third kappa shape index (κ3) is 6.59. The lowest BCUT2D eigenvalue weighted by atomic mass is 10.1. The van der Waals surface area contributed by atoms with Gasteiger partial charge in [0.25, 0.3) is 0 Å². The molecule has 146 valence electrons. The third-order valence-electron chi connectivity index (χ3n) is 3.87. The van der Waals surface area contributed by atoms with Crippen LogP contribution in [0.5, 0.6) is 0 Å². The van der Waals surface area contributed by atoms with Crippen molar-refractivity contribution in [1.29, 1.82) is 0 Å². The molecule has 0 spiro atoms. The van der Waals surface area contributed by atoms with E-state index < -0.39 is 11.9 Å². The van der Waals surface area contributed by atoms with E-state index in [0.29, 0.717) is 5.69 Å². The summed E-state index contributed by atoms with van der Waals surface area (Å²) in [4.78, 5) is 35.1. The van der Waals surface area contributed by atoms with E-state index in [1.165, 1.54) is 11.8 Å². The smallest absolute Gasteiger partial charge is 0.328 e. The number of rotatable bonds is 8. The Hall–Kier alpha value is -3.06. The Balaban J connectivity index is 1.89. The van der Waals surface area contributed by atoms with Gasteiger partial charge < -0.3 is 15.7 Å². The van der Waals surface area contributed by atoms with E-state index in [2.05, 4.69) is 17.6 Å². The number of anilines is 2. The van der Waals surface area contributed by atoms with Crippen LogP contribution in [-0.4, -0.2) is 28.6 Å². The summed E-state index contributed by atoms with van der Waals surface area (Å²) in [5.74, 6) is -1.51. The number of aliphatic carboxylic acids is 1. The van der Waals surface area contributed by atoms with Crippen molar-refractivity contribution < 1.29 is 19.5 Å². The van der Waals surface area contributed by atoms with Gasteiger partial charge in [0, 0.05) is 28.4 Å². The molecule has 0 unspecified atom stereocenters. The van der Waals surface area contributed by atoms with E-state index in [0.717, 1.165) is 40.3 Å². The molecule has 6 nitrogen and oxygen atoms in total. The lowest BCUT2D eigenvalue weighted by Gasteiger charge is -2.13. The first-order chi connectivity index (χ1) is 13.4. The molecular formula is C21H22N2O4S. The summed E-state index contributed by atoms with van der Waals surface area (Å²) in [6.07, 6.45) is 2.57. The second-order valence-corrected chi connectivity index (χ2v) is 7.03. The maximum absolute atomic E-state index is 12.3. The van der Waals surface area contributed by atoms with Gasteiger partial charge in [0.1, 0.15) is 0 Å². The molecule has 0 fully saturated rings. The molecule has 0 aliphatic heterocycles. The fourth-order valence-corrected chi connectivity index (χ4v) is 3.19. The first-order valence-electron chi connectivity index (χ1n) is 8.72. The second kappa shape index (κ2) is 10.3. The van der Waals surface area contributed by atoms with Gasteiger partial charge in [0.2, 0.25) is 11.8 Å². The van der Waals surface area contributed by atoms with Crippen LogP contribution in [0.1, 0.15) is 18.1 Å². The number of thioether (sulfide) groups is 1. The molecule has 0 radical (unpaired) electrons. The molecule has 2 rings (SSSR count). The number of para-hydroxylation sites is 1. The Labute approximate surface area is 168 Å². The molecule has 0 aromatic heterocycles. The molecule has 0 bridgehead atoms. The topological polar surface area (TPSA) is 95.5 Å². The van der Waals surface area contributed by atoms with Crippen LogP contribution in [0.15, 0.2) is 59.5 Å². The largest absolute Gasteiger partial charge is 0.478 e. The van der Waals surface area contributed by atoms with E-state index in [1.54, 1.807) is 24.3 Å². The number of carbonyl (C=O) groups is 3. The maximum Gasteiger partial charge on any atom is 0.328 e. The Bertz CT molecular complexity index is 892. The highest BCUT2D eigenvalue weighted by Crippen LogP contribution is 2.23. The Morgan fingerprint density at radius 2 is 1.75 bits per heavy atom. The van der Waals surface area contributed by atoms with Gasteiger partial charge in [0.15, 0.2) is 0 Å². The normalized spacial score (nSPS) is 10.6. The molecule has 0 aliphatic carbocycles. The minimum atomic E-state index is -1.18. The number of carbonyl (C=O) groups excluding carboxylic acids is 2. The molecule has 0 saturated heterocycles. The molecule has 28 heavy (non-hydrogen) atoms. The summed E-state index contributed by atoms with van der Waals surface area (Å²) in [5.41, 5.74) is 3.56. The van der Waals surface area contributed by atoms with Crippen LogP contribution in [0.4, 0.5) is 11.4 Å². The molecule has 3 N–H and O–H groups in total. The van der Waals surface area contributed by atoms with Gasteiger partial charge in [-0.3, -0.25) is 9.59 Å².